The van der Waals surface area contributed by atoms with Crippen LogP contribution in [0.4, 0.5) is 4.39 Å². The first kappa shape index (κ1) is 14.3. The zero-order chi connectivity index (χ0) is 15.0. The summed E-state index contributed by atoms with van der Waals surface area (Å²) in [6.45, 7) is -0.0693. The van der Waals surface area contributed by atoms with Crippen LogP contribution < -0.4 is 4.74 Å². The summed E-state index contributed by atoms with van der Waals surface area (Å²) in [6, 6.07) is 3.14. The quantitative estimate of drug-likeness (QED) is 0.783. The van der Waals surface area contributed by atoms with Gasteiger partial charge in [-0.25, -0.2) is 12.8 Å². The van der Waals surface area contributed by atoms with Gasteiger partial charge in [0.1, 0.15) is 0 Å². The SMILES string of the molecule is O=S(=O)(Cl)c1ccc(OCc2noc(C3CC3)n2)c(F)c1. The van der Waals surface area contributed by atoms with Gasteiger partial charge >= 0.3 is 0 Å². The molecule has 3 rings (SSSR count). The molecule has 1 fully saturated rings. The van der Waals surface area contributed by atoms with E-state index in [1.807, 2.05) is 0 Å². The van der Waals surface area contributed by atoms with E-state index in [9.17, 15) is 12.8 Å². The highest BCUT2D eigenvalue weighted by molar-refractivity contribution is 8.13. The summed E-state index contributed by atoms with van der Waals surface area (Å²) in [5, 5.41) is 3.73. The molecule has 1 aromatic carbocycles. The Bertz CT molecular complexity index is 773. The minimum Gasteiger partial charge on any atom is -0.482 e. The Hall–Kier alpha value is -1.67. The Balaban J connectivity index is 1.69. The molecular formula is C12H10ClFN2O4S. The van der Waals surface area contributed by atoms with Crippen molar-refractivity contribution in [1.29, 1.82) is 0 Å². The van der Waals surface area contributed by atoms with E-state index in [1.165, 1.54) is 6.07 Å². The van der Waals surface area contributed by atoms with Gasteiger partial charge in [-0.3, -0.25) is 0 Å². The van der Waals surface area contributed by atoms with Crippen LogP contribution in [0.3, 0.4) is 0 Å². The smallest absolute Gasteiger partial charge is 0.261 e. The van der Waals surface area contributed by atoms with E-state index >= 15 is 0 Å². The largest absolute Gasteiger partial charge is 0.482 e. The lowest BCUT2D eigenvalue weighted by Gasteiger charge is -2.05. The summed E-state index contributed by atoms with van der Waals surface area (Å²) in [7, 11) is 1.15. The summed E-state index contributed by atoms with van der Waals surface area (Å²) in [5.74, 6) is 0.263. The standard InChI is InChI=1S/C12H10ClFN2O4S/c13-21(17,18)8-3-4-10(9(14)5-8)19-6-11-15-12(20-16-11)7-1-2-7/h3-5,7H,1-2,6H2. The number of hydrogen-bond acceptors (Lipinski definition) is 6. The maximum atomic E-state index is 13.7. The highest BCUT2D eigenvalue weighted by atomic mass is 35.7. The predicted molar refractivity (Wildman–Crippen MR) is 70.0 cm³/mol. The minimum atomic E-state index is -3.97. The molecule has 0 saturated heterocycles. The van der Waals surface area contributed by atoms with Crippen molar-refractivity contribution in [1.82, 2.24) is 10.1 Å². The van der Waals surface area contributed by atoms with Crippen molar-refractivity contribution in [2.45, 2.75) is 30.3 Å². The van der Waals surface area contributed by atoms with Crippen LogP contribution >= 0.6 is 10.7 Å². The number of rotatable bonds is 5. The van der Waals surface area contributed by atoms with Crippen LogP contribution in [-0.2, 0) is 15.7 Å². The number of nitrogens with zero attached hydrogens (tertiary/aromatic N) is 2. The minimum absolute atomic E-state index is 0.0693. The first-order chi connectivity index (χ1) is 9.93. The molecule has 0 spiro atoms. The fourth-order valence-corrected chi connectivity index (χ4v) is 2.48. The molecular weight excluding hydrogens is 323 g/mol. The van der Waals surface area contributed by atoms with Gasteiger partial charge in [-0.05, 0) is 31.0 Å². The van der Waals surface area contributed by atoms with E-state index < -0.39 is 14.9 Å². The molecule has 0 N–H and O–H groups in total. The van der Waals surface area contributed by atoms with Crippen molar-refractivity contribution >= 4 is 19.7 Å². The van der Waals surface area contributed by atoms with Crippen LogP contribution in [0.5, 0.6) is 5.75 Å². The summed E-state index contributed by atoms with van der Waals surface area (Å²) >= 11 is 0. The molecule has 21 heavy (non-hydrogen) atoms. The van der Waals surface area contributed by atoms with Gasteiger partial charge in [0.2, 0.25) is 11.7 Å². The molecule has 0 atom stereocenters. The summed E-state index contributed by atoms with van der Waals surface area (Å²) in [4.78, 5) is 3.80. The van der Waals surface area contributed by atoms with Crippen LogP contribution in [0.2, 0.25) is 0 Å². The van der Waals surface area contributed by atoms with E-state index in [0.717, 1.165) is 25.0 Å². The Morgan fingerprint density at radius 1 is 1.43 bits per heavy atom. The predicted octanol–water partition coefficient (Wildman–Crippen LogP) is 2.59. The molecule has 9 heteroatoms. The molecule has 112 valence electrons. The molecule has 0 radical (unpaired) electrons. The van der Waals surface area contributed by atoms with Gasteiger partial charge in [-0.2, -0.15) is 4.98 Å². The molecule has 0 amide bonds. The fourth-order valence-electron chi connectivity index (χ4n) is 1.71. The Morgan fingerprint density at radius 3 is 2.81 bits per heavy atom. The molecule has 1 heterocycles. The van der Waals surface area contributed by atoms with Crippen molar-refractivity contribution in [2.75, 3.05) is 0 Å². The van der Waals surface area contributed by atoms with Crippen molar-refractivity contribution < 1.29 is 22.1 Å². The second kappa shape index (κ2) is 5.27. The Morgan fingerprint density at radius 2 is 2.19 bits per heavy atom. The second-order valence-corrected chi connectivity index (χ2v) is 7.21. The monoisotopic (exact) mass is 332 g/mol. The zero-order valence-electron chi connectivity index (χ0n) is 10.6. The van der Waals surface area contributed by atoms with E-state index in [4.69, 9.17) is 19.9 Å². The van der Waals surface area contributed by atoms with Gasteiger partial charge in [0.25, 0.3) is 9.05 Å². The number of benzene rings is 1. The first-order valence-electron chi connectivity index (χ1n) is 6.13. The maximum absolute atomic E-state index is 13.7. The van der Waals surface area contributed by atoms with E-state index in [1.54, 1.807) is 0 Å². The highest BCUT2D eigenvalue weighted by Gasteiger charge is 2.29. The number of ether oxygens (including phenoxy) is 1. The van der Waals surface area contributed by atoms with Crippen molar-refractivity contribution in [2.24, 2.45) is 0 Å². The van der Waals surface area contributed by atoms with Crippen LogP contribution in [0.1, 0.15) is 30.5 Å². The lowest BCUT2D eigenvalue weighted by Crippen LogP contribution is -2.00. The number of aromatic nitrogens is 2. The normalized spacial score (nSPS) is 15.1. The van der Waals surface area contributed by atoms with Crippen LogP contribution in [-0.4, -0.2) is 18.6 Å². The lowest BCUT2D eigenvalue weighted by molar-refractivity contribution is 0.272. The summed E-state index contributed by atoms with van der Waals surface area (Å²) < 4.78 is 46.1. The van der Waals surface area contributed by atoms with Crippen molar-refractivity contribution in [3.8, 4) is 5.75 Å². The van der Waals surface area contributed by atoms with Gasteiger partial charge in [0.15, 0.2) is 18.2 Å². The van der Waals surface area contributed by atoms with Gasteiger partial charge in [-0.1, -0.05) is 5.16 Å². The molecule has 0 bridgehead atoms. The lowest BCUT2D eigenvalue weighted by atomic mass is 10.3. The molecule has 0 unspecified atom stereocenters. The first-order valence-corrected chi connectivity index (χ1v) is 8.44. The van der Waals surface area contributed by atoms with E-state index in [-0.39, 0.29) is 17.3 Å². The average molecular weight is 333 g/mol. The van der Waals surface area contributed by atoms with Crippen LogP contribution in [0.25, 0.3) is 0 Å². The molecule has 2 aromatic rings. The third-order valence-corrected chi connectivity index (χ3v) is 4.30. The van der Waals surface area contributed by atoms with Gasteiger partial charge < -0.3 is 9.26 Å². The van der Waals surface area contributed by atoms with Gasteiger partial charge in [0.05, 0.1) is 4.90 Å². The molecule has 1 aliphatic rings. The zero-order valence-corrected chi connectivity index (χ0v) is 12.2. The second-order valence-electron chi connectivity index (χ2n) is 4.64. The molecule has 1 saturated carbocycles. The van der Waals surface area contributed by atoms with Gasteiger partial charge in [0, 0.05) is 16.6 Å². The average Bonchev–Trinajstić information content (AvgIpc) is 3.16. The summed E-state index contributed by atoms with van der Waals surface area (Å²) in [6.07, 6.45) is 2.07. The number of hydrogen-bond donors (Lipinski definition) is 0. The Kier molecular flexibility index (Phi) is 3.58. The topological polar surface area (TPSA) is 82.3 Å². The maximum Gasteiger partial charge on any atom is 0.261 e. The molecule has 0 aliphatic heterocycles. The molecule has 1 aromatic heterocycles. The Labute approximate surface area is 124 Å². The molecule has 1 aliphatic carbocycles. The van der Waals surface area contributed by atoms with E-state index in [0.29, 0.717) is 17.6 Å². The third-order valence-electron chi connectivity index (χ3n) is 2.95. The van der Waals surface area contributed by atoms with Crippen molar-refractivity contribution in [3.63, 3.8) is 0 Å². The van der Waals surface area contributed by atoms with E-state index in [2.05, 4.69) is 10.1 Å². The fraction of sp³-hybridized carbons (Fsp3) is 0.333. The van der Waals surface area contributed by atoms with Crippen molar-refractivity contribution in [3.05, 3.63) is 35.7 Å². The summed E-state index contributed by atoms with van der Waals surface area (Å²) in [5.41, 5.74) is 0. The highest BCUT2D eigenvalue weighted by Crippen LogP contribution is 2.38. The third kappa shape index (κ3) is 3.33. The number of halogens is 2. The van der Waals surface area contributed by atoms with Crippen LogP contribution in [0.15, 0.2) is 27.6 Å². The molecule has 6 nitrogen and oxygen atoms in total. The van der Waals surface area contributed by atoms with Crippen LogP contribution in [0, 0.1) is 5.82 Å². The van der Waals surface area contributed by atoms with Gasteiger partial charge in [-0.15, -0.1) is 0 Å².